The van der Waals surface area contributed by atoms with Gasteiger partial charge in [-0.2, -0.15) is 0 Å². The zero-order valence-corrected chi connectivity index (χ0v) is 14.6. The molecule has 2 heterocycles. The minimum absolute atomic E-state index is 0.0419. The van der Waals surface area contributed by atoms with Crippen molar-refractivity contribution in [3.63, 3.8) is 0 Å². The van der Waals surface area contributed by atoms with E-state index in [0.717, 1.165) is 17.7 Å². The summed E-state index contributed by atoms with van der Waals surface area (Å²) in [6.07, 6.45) is 2.22. The van der Waals surface area contributed by atoms with Gasteiger partial charge >= 0.3 is 0 Å². The number of hydrogen-bond acceptors (Lipinski definition) is 5. The van der Waals surface area contributed by atoms with Crippen molar-refractivity contribution in [3.8, 4) is 11.6 Å². The highest BCUT2D eigenvalue weighted by Crippen LogP contribution is 2.25. The van der Waals surface area contributed by atoms with Crippen molar-refractivity contribution in [2.75, 3.05) is 20.3 Å². The number of ether oxygens (including phenoxy) is 3. The van der Waals surface area contributed by atoms with Gasteiger partial charge in [0.25, 0.3) is 5.91 Å². The van der Waals surface area contributed by atoms with Crippen LogP contribution in [0.15, 0.2) is 36.5 Å². The van der Waals surface area contributed by atoms with Gasteiger partial charge in [-0.3, -0.25) is 4.79 Å². The van der Waals surface area contributed by atoms with E-state index in [2.05, 4.69) is 10.3 Å². The molecule has 7 heteroatoms. The lowest BCUT2D eigenvalue weighted by Crippen LogP contribution is -2.23. The van der Waals surface area contributed by atoms with E-state index in [1.165, 1.54) is 6.20 Å². The molecule has 3 rings (SSSR count). The van der Waals surface area contributed by atoms with Gasteiger partial charge in [0.05, 0.1) is 25.9 Å². The molecule has 1 aliphatic heterocycles. The van der Waals surface area contributed by atoms with Crippen molar-refractivity contribution < 1.29 is 19.0 Å². The van der Waals surface area contributed by atoms with Crippen molar-refractivity contribution in [2.45, 2.75) is 19.1 Å². The lowest BCUT2D eigenvalue weighted by Gasteiger charge is -2.12. The van der Waals surface area contributed by atoms with E-state index in [1.54, 1.807) is 13.2 Å². The van der Waals surface area contributed by atoms with Crippen molar-refractivity contribution in [1.82, 2.24) is 10.3 Å². The first-order valence-electron chi connectivity index (χ1n) is 7.97. The van der Waals surface area contributed by atoms with Crippen LogP contribution < -0.4 is 14.8 Å². The van der Waals surface area contributed by atoms with Gasteiger partial charge < -0.3 is 19.5 Å². The van der Waals surface area contributed by atoms with E-state index in [4.69, 9.17) is 25.8 Å². The predicted molar refractivity (Wildman–Crippen MR) is 93.3 cm³/mol. The number of benzene rings is 1. The van der Waals surface area contributed by atoms with Crippen LogP contribution in [0, 0.1) is 0 Å². The number of hydrogen-bond donors (Lipinski definition) is 1. The average molecular weight is 363 g/mol. The van der Waals surface area contributed by atoms with E-state index in [0.29, 0.717) is 36.2 Å². The summed E-state index contributed by atoms with van der Waals surface area (Å²) in [6.45, 7) is 1.61. The normalized spacial score (nSPS) is 16.5. The fourth-order valence-corrected chi connectivity index (χ4v) is 2.64. The van der Waals surface area contributed by atoms with Gasteiger partial charge in [0.15, 0.2) is 0 Å². The van der Waals surface area contributed by atoms with E-state index in [1.807, 2.05) is 24.3 Å². The van der Waals surface area contributed by atoms with Gasteiger partial charge in [-0.05, 0) is 23.8 Å². The first kappa shape index (κ1) is 17.5. The number of carbonyl (C=O) groups excluding carboxylic acids is 1. The van der Waals surface area contributed by atoms with Gasteiger partial charge in [-0.1, -0.05) is 23.7 Å². The van der Waals surface area contributed by atoms with E-state index < -0.39 is 0 Å². The number of amides is 1. The lowest BCUT2D eigenvalue weighted by molar-refractivity contribution is 0.0950. The Kier molecular flexibility index (Phi) is 5.73. The Morgan fingerprint density at radius 1 is 1.40 bits per heavy atom. The molecule has 1 saturated heterocycles. The molecule has 0 aliphatic carbocycles. The summed E-state index contributed by atoms with van der Waals surface area (Å²) in [5.74, 6) is 0.846. The van der Waals surface area contributed by atoms with Crippen LogP contribution in [-0.4, -0.2) is 37.3 Å². The Morgan fingerprint density at radius 3 is 2.84 bits per heavy atom. The third-order valence-electron chi connectivity index (χ3n) is 3.85. The lowest BCUT2D eigenvalue weighted by atomic mass is 10.2. The highest BCUT2D eigenvalue weighted by molar-refractivity contribution is 6.32. The Morgan fingerprint density at radius 2 is 2.20 bits per heavy atom. The van der Waals surface area contributed by atoms with Gasteiger partial charge in [-0.15, -0.1) is 0 Å². The van der Waals surface area contributed by atoms with Gasteiger partial charge in [0.2, 0.25) is 5.88 Å². The Hall–Kier alpha value is -2.31. The number of nitrogens with one attached hydrogen (secondary N) is 1. The first-order chi connectivity index (χ1) is 12.2. The molecule has 1 amide bonds. The molecule has 0 saturated carbocycles. The minimum atomic E-state index is -0.249. The van der Waals surface area contributed by atoms with Gasteiger partial charge in [-0.25, -0.2) is 4.98 Å². The fourth-order valence-electron chi connectivity index (χ4n) is 2.43. The first-order valence-corrected chi connectivity index (χ1v) is 8.34. The topological polar surface area (TPSA) is 69.7 Å². The van der Waals surface area contributed by atoms with Crippen LogP contribution in [0.4, 0.5) is 0 Å². The molecular formula is C18H19ClN2O4. The number of nitrogens with zero attached hydrogens (tertiary/aromatic N) is 1. The van der Waals surface area contributed by atoms with E-state index in [9.17, 15) is 4.79 Å². The Bertz CT molecular complexity index is 730. The number of pyridine rings is 1. The van der Waals surface area contributed by atoms with Crippen molar-refractivity contribution in [2.24, 2.45) is 0 Å². The molecule has 132 valence electrons. The van der Waals surface area contributed by atoms with Crippen LogP contribution in [0.2, 0.25) is 5.02 Å². The summed E-state index contributed by atoms with van der Waals surface area (Å²) in [5.41, 5.74) is 1.35. The summed E-state index contributed by atoms with van der Waals surface area (Å²) in [7, 11) is 1.61. The second-order valence-corrected chi connectivity index (χ2v) is 6.05. The maximum atomic E-state index is 12.3. The smallest absolute Gasteiger partial charge is 0.253 e. The molecule has 1 N–H and O–H groups in total. The van der Waals surface area contributed by atoms with Gasteiger partial charge in [0.1, 0.15) is 16.9 Å². The molecular weight excluding hydrogens is 344 g/mol. The second kappa shape index (κ2) is 8.18. The van der Waals surface area contributed by atoms with Crippen LogP contribution in [0.3, 0.4) is 0 Å². The van der Waals surface area contributed by atoms with Crippen LogP contribution in [0.25, 0.3) is 0 Å². The molecule has 0 radical (unpaired) electrons. The number of halogens is 1. The monoisotopic (exact) mass is 362 g/mol. The third-order valence-corrected chi connectivity index (χ3v) is 4.12. The predicted octanol–water partition coefficient (Wildman–Crippen LogP) is 2.84. The highest BCUT2D eigenvalue weighted by atomic mass is 35.5. The molecule has 1 fully saturated rings. The largest absolute Gasteiger partial charge is 0.497 e. The minimum Gasteiger partial charge on any atom is -0.497 e. The maximum absolute atomic E-state index is 12.3. The van der Waals surface area contributed by atoms with E-state index in [-0.39, 0.29) is 12.0 Å². The number of carbonyl (C=O) groups is 1. The molecule has 1 atom stereocenters. The average Bonchev–Trinajstić information content (AvgIpc) is 3.15. The number of methoxy groups -OCH3 is 1. The Balaban J connectivity index is 1.58. The summed E-state index contributed by atoms with van der Waals surface area (Å²) in [5, 5.41) is 3.14. The highest BCUT2D eigenvalue weighted by Gasteiger charge is 2.20. The zero-order valence-electron chi connectivity index (χ0n) is 13.8. The molecule has 1 aliphatic rings. The SMILES string of the molecule is COc1ccc(CNC(=O)c2cnc(OC3CCOC3)c(Cl)c2)cc1. The molecule has 6 nitrogen and oxygen atoms in total. The molecule has 2 aromatic rings. The molecule has 0 bridgehead atoms. The van der Waals surface area contributed by atoms with Crippen molar-refractivity contribution >= 4 is 17.5 Å². The van der Waals surface area contributed by atoms with Crippen LogP contribution in [-0.2, 0) is 11.3 Å². The van der Waals surface area contributed by atoms with Crippen molar-refractivity contribution in [3.05, 3.63) is 52.7 Å². The molecule has 1 unspecified atom stereocenters. The third kappa shape index (κ3) is 4.61. The summed E-state index contributed by atoms with van der Waals surface area (Å²) >= 11 is 6.18. The van der Waals surface area contributed by atoms with Crippen LogP contribution >= 0.6 is 11.6 Å². The summed E-state index contributed by atoms with van der Waals surface area (Å²) in [6, 6.07) is 9.04. The molecule has 25 heavy (non-hydrogen) atoms. The van der Waals surface area contributed by atoms with Crippen molar-refractivity contribution in [1.29, 1.82) is 0 Å². The van der Waals surface area contributed by atoms with Gasteiger partial charge in [0, 0.05) is 19.2 Å². The quantitative estimate of drug-likeness (QED) is 0.855. The van der Waals surface area contributed by atoms with Crippen LogP contribution in [0.1, 0.15) is 22.3 Å². The molecule has 0 spiro atoms. The number of aromatic nitrogens is 1. The standard InChI is InChI=1S/C18H19ClN2O4/c1-23-14-4-2-12(3-5-14)9-20-17(22)13-8-16(19)18(21-10-13)25-15-6-7-24-11-15/h2-5,8,10,15H,6-7,9,11H2,1H3,(H,20,22). The maximum Gasteiger partial charge on any atom is 0.253 e. The summed E-state index contributed by atoms with van der Waals surface area (Å²) < 4.78 is 16.0. The number of rotatable bonds is 6. The summed E-state index contributed by atoms with van der Waals surface area (Å²) in [4.78, 5) is 16.4. The fraction of sp³-hybridized carbons (Fsp3) is 0.333. The zero-order chi connectivity index (χ0) is 17.6. The van der Waals surface area contributed by atoms with Crippen LogP contribution in [0.5, 0.6) is 11.6 Å². The van der Waals surface area contributed by atoms with E-state index >= 15 is 0 Å². The molecule has 1 aromatic heterocycles. The molecule has 1 aromatic carbocycles. The Labute approximate surface area is 151 Å². The second-order valence-electron chi connectivity index (χ2n) is 5.65.